The minimum atomic E-state index is -0.732. The van der Waals surface area contributed by atoms with Gasteiger partial charge in [-0.1, -0.05) is 15.9 Å². The maximum Gasteiger partial charge on any atom is 0.137 e. The summed E-state index contributed by atoms with van der Waals surface area (Å²) in [6.45, 7) is 1.69. The first-order valence-corrected chi connectivity index (χ1v) is 8.50. The molecule has 0 fully saturated rings. The number of ether oxygens (including phenoxy) is 1. The van der Waals surface area contributed by atoms with E-state index in [1.54, 1.807) is 26.1 Å². The molecule has 26 heavy (non-hydrogen) atoms. The van der Waals surface area contributed by atoms with E-state index < -0.39 is 11.6 Å². The van der Waals surface area contributed by atoms with E-state index in [1.165, 1.54) is 11.8 Å². The van der Waals surface area contributed by atoms with Crippen molar-refractivity contribution in [3.8, 4) is 16.9 Å². The number of hydrogen-bond acceptors (Lipinski definition) is 4. The summed E-state index contributed by atoms with van der Waals surface area (Å²) in [5.41, 5.74) is 7.75. The SMILES string of the molecule is COc1cc(F)c(-c2c(C)nn(C)c2Nc2ccc(Br)cc2N)c(F)c1. The van der Waals surface area contributed by atoms with Gasteiger partial charge in [0.25, 0.3) is 0 Å². The van der Waals surface area contributed by atoms with E-state index >= 15 is 0 Å². The predicted octanol–water partition coefficient (Wildman–Crippen LogP) is 4.77. The lowest BCUT2D eigenvalue weighted by molar-refractivity contribution is 0.407. The second kappa shape index (κ2) is 6.95. The monoisotopic (exact) mass is 422 g/mol. The maximum atomic E-state index is 14.6. The zero-order valence-electron chi connectivity index (χ0n) is 14.4. The van der Waals surface area contributed by atoms with Crippen LogP contribution in [0.5, 0.6) is 5.75 Å². The number of anilines is 3. The molecule has 0 aliphatic carbocycles. The number of nitrogens with two attached hydrogens (primary N) is 1. The lowest BCUT2D eigenvalue weighted by Gasteiger charge is -2.14. The van der Waals surface area contributed by atoms with Crippen LogP contribution in [0, 0.1) is 18.6 Å². The van der Waals surface area contributed by atoms with Crippen LogP contribution in [0.1, 0.15) is 5.69 Å². The van der Waals surface area contributed by atoms with E-state index in [0.717, 1.165) is 16.6 Å². The smallest absolute Gasteiger partial charge is 0.137 e. The summed E-state index contributed by atoms with van der Waals surface area (Å²) in [5, 5.41) is 7.42. The van der Waals surface area contributed by atoms with Crippen molar-refractivity contribution in [2.45, 2.75) is 6.92 Å². The molecular formula is C18H17BrF2N4O. The first kappa shape index (κ1) is 18.2. The summed E-state index contributed by atoms with van der Waals surface area (Å²) < 4.78 is 36.5. The highest BCUT2D eigenvalue weighted by Crippen LogP contribution is 2.38. The third kappa shape index (κ3) is 3.24. The highest BCUT2D eigenvalue weighted by atomic mass is 79.9. The Balaban J connectivity index is 2.16. The maximum absolute atomic E-state index is 14.6. The van der Waals surface area contributed by atoms with Crippen molar-refractivity contribution in [2.75, 3.05) is 18.2 Å². The van der Waals surface area contributed by atoms with E-state index in [9.17, 15) is 8.78 Å². The van der Waals surface area contributed by atoms with Gasteiger partial charge in [-0.25, -0.2) is 8.78 Å². The highest BCUT2D eigenvalue weighted by Gasteiger charge is 2.23. The van der Waals surface area contributed by atoms with Crippen LogP contribution < -0.4 is 15.8 Å². The molecule has 0 amide bonds. The van der Waals surface area contributed by atoms with Crippen molar-refractivity contribution in [3.63, 3.8) is 0 Å². The number of halogens is 3. The van der Waals surface area contributed by atoms with Crippen LogP contribution in [-0.2, 0) is 7.05 Å². The van der Waals surface area contributed by atoms with Crippen LogP contribution in [0.3, 0.4) is 0 Å². The van der Waals surface area contributed by atoms with E-state index in [-0.39, 0.29) is 11.3 Å². The Morgan fingerprint density at radius 3 is 2.38 bits per heavy atom. The van der Waals surface area contributed by atoms with Crippen molar-refractivity contribution < 1.29 is 13.5 Å². The first-order valence-electron chi connectivity index (χ1n) is 7.71. The zero-order valence-corrected chi connectivity index (χ0v) is 16.0. The standard InChI is InChI=1S/C18H17BrF2N4O/c1-9-16(17-12(20)7-11(26-3)8-13(17)21)18(25(2)24-9)23-15-5-4-10(19)6-14(15)22/h4-8,23H,22H2,1-3H3. The molecule has 0 bridgehead atoms. The molecule has 1 heterocycles. The van der Waals surface area contributed by atoms with Gasteiger partial charge in [0.2, 0.25) is 0 Å². The van der Waals surface area contributed by atoms with Crippen LogP contribution in [-0.4, -0.2) is 16.9 Å². The molecule has 0 unspecified atom stereocenters. The fourth-order valence-corrected chi connectivity index (χ4v) is 3.16. The van der Waals surface area contributed by atoms with Gasteiger partial charge in [-0.3, -0.25) is 4.68 Å². The van der Waals surface area contributed by atoms with Crippen molar-refractivity contribution >= 4 is 33.1 Å². The van der Waals surface area contributed by atoms with Crippen molar-refractivity contribution in [1.82, 2.24) is 9.78 Å². The number of hydrogen-bond donors (Lipinski definition) is 2. The summed E-state index contributed by atoms with van der Waals surface area (Å²) in [5.74, 6) is -0.925. The number of nitrogens with one attached hydrogen (secondary N) is 1. The second-order valence-corrected chi connectivity index (χ2v) is 6.67. The summed E-state index contributed by atoms with van der Waals surface area (Å²) in [6, 6.07) is 7.60. The van der Waals surface area contributed by atoms with Gasteiger partial charge in [-0.2, -0.15) is 5.10 Å². The molecule has 0 spiro atoms. The summed E-state index contributed by atoms with van der Waals surface area (Å²) in [6.07, 6.45) is 0. The molecule has 0 atom stereocenters. The fourth-order valence-electron chi connectivity index (χ4n) is 2.78. The number of rotatable bonds is 4. The van der Waals surface area contributed by atoms with E-state index in [0.29, 0.717) is 28.5 Å². The third-order valence-electron chi connectivity index (χ3n) is 3.99. The van der Waals surface area contributed by atoms with Crippen molar-refractivity contribution in [3.05, 3.63) is 52.1 Å². The van der Waals surface area contributed by atoms with Gasteiger partial charge in [0.05, 0.1) is 35.3 Å². The number of aryl methyl sites for hydroxylation is 2. The van der Waals surface area contributed by atoms with Crippen molar-refractivity contribution in [2.24, 2.45) is 7.05 Å². The van der Waals surface area contributed by atoms with Crippen LogP contribution in [0.15, 0.2) is 34.8 Å². The average molecular weight is 423 g/mol. The quantitative estimate of drug-likeness (QED) is 0.594. The molecule has 0 aliphatic heterocycles. The number of nitrogen functional groups attached to an aromatic ring is 1. The minimum Gasteiger partial charge on any atom is -0.497 e. The largest absolute Gasteiger partial charge is 0.497 e. The molecule has 0 aliphatic rings. The van der Waals surface area contributed by atoms with Gasteiger partial charge in [0, 0.05) is 23.7 Å². The van der Waals surface area contributed by atoms with Gasteiger partial charge in [0.15, 0.2) is 0 Å². The molecule has 3 rings (SSSR count). The minimum absolute atomic E-state index is 0.108. The summed E-state index contributed by atoms with van der Waals surface area (Å²) in [7, 11) is 3.04. The van der Waals surface area contributed by atoms with Crippen molar-refractivity contribution in [1.29, 1.82) is 0 Å². The molecule has 1 aromatic heterocycles. The second-order valence-electron chi connectivity index (χ2n) is 5.76. The zero-order chi connectivity index (χ0) is 19.0. The Bertz CT molecular complexity index is 965. The Hall–Kier alpha value is -2.61. The third-order valence-corrected chi connectivity index (χ3v) is 4.48. The molecule has 5 nitrogen and oxygen atoms in total. The average Bonchev–Trinajstić information content (AvgIpc) is 2.83. The van der Waals surface area contributed by atoms with Gasteiger partial charge in [-0.15, -0.1) is 0 Å². The van der Waals surface area contributed by atoms with Crippen LogP contribution in [0.2, 0.25) is 0 Å². The van der Waals surface area contributed by atoms with Crippen LogP contribution >= 0.6 is 15.9 Å². The Morgan fingerprint density at radius 1 is 1.15 bits per heavy atom. The Morgan fingerprint density at radius 2 is 1.81 bits per heavy atom. The van der Waals surface area contributed by atoms with Crippen LogP contribution in [0.25, 0.3) is 11.1 Å². The van der Waals surface area contributed by atoms with Gasteiger partial charge in [0.1, 0.15) is 23.2 Å². The molecule has 8 heteroatoms. The molecule has 2 aromatic carbocycles. The molecule has 3 aromatic rings. The van der Waals surface area contributed by atoms with E-state index in [4.69, 9.17) is 10.5 Å². The van der Waals surface area contributed by atoms with Gasteiger partial charge >= 0.3 is 0 Å². The lowest BCUT2D eigenvalue weighted by atomic mass is 10.0. The summed E-state index contributed by atoms with van der Waals surface area (Å²) in [4.78, 5) is 0. The lowest BCUT2D eigenvalue weighted by Crippen LogP contribution is -2.03. The van der Waals surface area contributed by atoms with E-state index in [1.807, 2.05) is 6.07 Å². The Kier molecular flexibility index (Phi) is 4.86. The number of aromatic nitrogens is 2. The normalized spacial score (nSPS) is 10.8. The fraction of sp³-hybridized carbons (Fsp3) is 0.167. The molecule has 0 radical (unpaired) electrons. The number of methoxy groups -OCH3 is 1. The van der Waals surface area contributed by atoms with Gasteiger partial charge < -0.3 is 15.8 Å². The highest BCUT2D eigenvalue weighted by molar-refractivity contribution is 9.10. The molecular weight excluding hydrogens is 406 g/mol. The first-order chi connectivity index (χ1) is 12.3. The summed E-state index contributed by atoms with van der Waals surface area (Å²) >= 11 is 3.35. The number of nitrogens with zero attached hydrogens (tertiary/aromatic N) is 2. The molecule has 136 valence electrons. The molecule has 0 saturated heterocycles. The molecule has 3 N–H and O–H groups in total. The van der Waals surface area contributed by atoms with Gasteiger partial charge in [-0.05, 0) is 25.1 Å². The Labute approximate surface area is 157 Å². The van der Waals surface area contributed by atoms with Crippen LogP contribution in [0.4, 0.5) is 26.0 Å². The van der Waals surface area contributed by atoms with E-state index in [2.05, 4.69) is 26.3 Å². The number of benzene rings is 2. The topological polar surface area (TPSA) is 65.1 Å². The molecule has 0 saturated carbocycles. The predicted molar refractivity (Wildman–Crippen MR) is 102 cm³/mol.